The van der Waals surface area contributed by atoms with Crippen molar-refractivity contribution < 1.29 is 14.6 Å². The maximum absolute atomic E-state index is 10.1. The van der Waals surface area contributed by atoms with Crippen molar-refractivity contribution in [1.82, 2.24) is 0 Å². The van der Waals surface area contributed by atoms with Crippen LogP contribution in [0, 0.1) is 0 Å². The Morgan fingerprint density at radius 1 is 1.46 bits per heavy atom. The summed E-state index contributed by atoms with van der Waals surface area (Å²) in [4.78, 5) is 10.1. The van der Waals surface area contributed by atoms with E-state index in [9.17, 15) is 9.90 Å². The van der Waals surface area contributed by atoms with E-state index in [0.717, 1.165) is 0 Å². The van der Waals surface area contributed by atoms with Crippen LogP contribution in [0.5, 0.6) is 11.5 Å². The first-order chi connectivity index (χ1) is 6.29. The monoisotopic (exact) mass is 178 g/mol. The summed E-state index contributed by atoms with van der Waals surface area (Å²) < 4.78 is 5.00. The lowest BCUT2D eigenvalue weighted by molar-refractivity contribution is -0.104. The summed E-state index contributed by atoms with van der Waals surface area (Å²) in [5, 5.41) is 9.40. The Morgan fingerprint density at radius 3 is 2.85 bits per heavy atom. The van der Waals surface area contributed by atoms with Crippen molar-refractivity contribution in [2.45, 2.75) is 0 Å². The molecule has 0 unspecified atom stereocenters. The zero-order chi connectivity index (χ0) is 9.68. The Bertz CT molecular complexity index is 329. The van der Waals surface area contributed by atoms with E-state index in [2.05, 4.69) is 0 Å². The van der Waals surface area contributed by atoms with Crippen LogP contribution in [0.1, 0.15) is 5.56 Å². The van der Waals surface area contributed by atoms with Gasteiger partial charge in [-0.2, -0.15) is 0 Å². The Hall–Kier alpha value is -1.77. The number of hydrogen-bond acceptors (Lipinski definition) is 3. The molecule has 1 rings (SSSR count). The normalized spacial score (nSPS) is 10.2. The summed E-state index contributed by atoms with van der Waals surface area (Å²) >= 11 is 0. The zero-order valence-electron chi connectivity index (χ0n) is 7.23. The fourth-order valence-electron chi connectivity index (χ4n) is 1.01. The summed E-state index contributed by atoms with van der Waals surface area (Å²) in [6, 6.07) is 4.92. The predicted octanol–water partition coefficient (Wildman–Crippen LogP) is 1.61. The molecule has 0 amide bonds. The number of carbonyl (C=O) groups is 1. The number of methoxy groups -OCH3 is 1. The smallest absolute Gasteiger partial charge is 0.142 e. The van der Waals surface area contributed by atoms with Crippen molar-refractivity contribution in [2.75, 3.05) is 7.11 Å². The SMILES string of the molecule is COc1cccc(O)c1/C=C/C=O. The summed E-state index contributed by atoms with van der Waals surface area (Å²) in [6.07, 6.45) is 3.45. The first-order valence-corrected chi connectivity index (χ1v) is 3.77. The van der Waals surface area contributed by atoms with Crippen molar-refractivity contribution in [3.8, 4) is 11.5 Å². The first-order valence-electron chi connectivity index (χ1n) is 3.77. The quantitative estimate of drug-likeness (QED) is 0.565. The number of allylic oxidation sites excluding steroid dienone is 1. The number of phenolic OH excluding ortho intramolecular Hbond substituents is 1. The Balaban J connectivity index is 3.14. The summed E-state index contributed by atoms with van der Waals surface area (Å²) in [5.41, 5.74) is 0.511. The number of carbonyl (C=O) groups excluding carboxylic acids is 1. The van der Waals surface area contributed by atoms with Gasteiger partial charge in [-0.25, -0.2) is 0 Å². The van der Waals surface area contributed by atoms with Gasteiger partial charge < -0.3 is 9.84 Å². The number of phenols is 1. The van der Waals surface area contributed by atoms with E-state index < -0.39 is 0 Å². The molecule has 0 fully saturated rings. The van der Waals surface area contributed by atoms with Crippen LogP contribution >= 0.6 is 0 Å². The molecule has 3 heteroatoms. The molecule has 0 aliphatic heterocycles. The molecular formula is C10H10O3. The highest BCUT2D eigenvalue weighted by molar-refractivity contribution is 5.77. The second kappa shape index (κ2) is 4.30. The van der Waals surface area contributed by atoms with Gasteiger partial charge in [-0.15, -0.1) is 0 Å². The highest BCUT2D eigenvalue weighted by atomic mass is 16.5. The molecular weight excluding hydrogens is 168 g/mol. The van der Waals surface area contributed by atoms with Crippen LogP contribution < -0.4 is 4.74 Å². The standard InChI is InChI=1S/C10H10O3/c1-13-10-6-2-5-9(12)8(10)4-3-7-11/h2-7,12H,1H3/b4-3+. The molecule has 1 aromatic carbocycles. The van der Waals surface area contributed by atoms with Gasteiger partial charge in [-0.3, -0.25) is 4.79 Å². The first kappa shape index (κ1) is 9.32. The molecule has 0 aliphatic carbocycles. The van der Waals surface area contributed by atoms with E-state index in [1.807, 2.05) is 0 Å². The Labute approximate surface area is 76.3 Å². The minimum atomic E-state index is 0.0949. The van der Waals surface area contributed by atoms with Gasteiger partial charge in [0.05, 0.1) is 12.7 Å². The van der Waals surface area contributed by atoms with Crippen molar-refractivity contribution in [3.05, 3.63) is 29.8 Å². The number of aromatic hydroxyl groups is 1. The molecule has 0 spiro atoms. The maximum atomic E-state index is 10.1. The second-order valence-corrected chi connectivity index (χ2v) is 2.39. The molecule has 3 nitrogen and oxygen atoms in total. The number of ether oxygens (including phenoxy) is 1. The maximum Gasteiger partial charge on any atom is 0.142 e. The van der Waals surface area contributed by atoms with Gasteiger partial charge in [-0.05, 0) is 24.3 Å². The van der Waals surface area contributed by atoms with E-state index in [-0.39, 0.29) is 5.75 Å². The third kappa shape index (κ3) is 2.08. The van der Waals surface area contributed by atoms with Crippen LogP contribution in [-0.2, 0) is 4.79 Å². The lowest BCUT2D eigenvalue weighted by Crippen LogP contribution is -1.86. The molecule has 0 radical (unpaired) electrons. The van der Waals surface area contributed by atoms with Gasteiger partial charge in [0.1, 0.15) is 17.8 Å². The highest BCUT2D eigenvalue weighted by Gasteiger charge is 2.03. The average molecular weight is 178 g/mol. The third-order valence-corrected chi connectivity index (χ3v) is 1.60. The number of hydrogen-bond donors (Lipinski definition) is 1. The van der Waals surface area contributed by atoms with Gasteiger partial charge in [0.25, 0.3) is 0 Å². The van der Waals surface area contributed by atoms with Gasteiger partial charge in [0, 0.05) is 0 Å². The molecule has 13 heavy (non-hydrogen) atoms. The number of aldehydes is 1. The van der Waals surface area contributed by atoms with Crippen LogP contribution in [0.3, 0.4) is 0 Å². The van der Waals surface area contributed by atoms with Gasteiger partial charge in [-0.1, -0.05) is 6.07 Å². The minimum Gasteiger partial charge on any atom is -0.507 e. The predicted molar refractivity (Wildman–Crippen MR) is 49.8 cm³/mol. The van der Waals surface area contributed by atoms with Crippen LogP contribution in [0.2, 0.25) is 0 Å². The lowest BCUT2D eigenvalue weighted by atomic mass is 10.1. The zero-order valence-corrected chi connectivity index (χ0v) is 7.23. The summed E-state index contributed by atoms with van der Waals surface area (Å²) in [6.45, 7) is 0. The van der Waals surface area contributed by atoms with Crippen molar-refractivity contribution in [2.24, 2.45) is 0 Å². The Morgan fingerprint density at radius 2 is 2.23 bits per heavy atom. The van der Waals surface area contributed by atoms with Crippen molar-refractivity contribution in [1.29, 1.82) is 0 Å². The molecule has 0 atom stereocenters. The number of rotatable bonds is 3. The van der Waals surface area contributed by atoms with E-state index in [1.54, 1.807) is 12.1 Å². The van der Waals surface area contributed by atoms with Gasteiger partial charge >= 0.3 is 0 Å². The molecule has 68 valence electrons. The molecule has 0 heterocycles. The molecule has 0 saturated heterocycles. The molecule has 1 N–H and O–H groups in total. The third-order valence-electron chi connectivity index (χ3n) is 1.60. The van der Waals surface area contributed by atoms with E-state index in [4.69, 9.17) is 4.74 Å². The van der Waals surface area contributed by atoms with Gasteiger partial charge in [0.2, 0.25) is 0 Å². The second-order valence-electron chi connectivity index (χ2n) is 2.39. The molecule has 0 saturated carbocycles. The molecule has 1 aromatic rings. The van der Waals surface area contributed by atoms with E-state index in [0.29, 0.717) is 17.6 Å². The van der Waals surface area contributed by atoms with Crippen molar-refractivity contribution in [3.63, 3.8) is 0 Å². The Kier molecular flexibility index (Phi) is 3.09. The van der Waals surface area contributed by atoms with E-state index >= 15 is 0 Å². The average Bonchev–Trinajstić information content (AvgIpc) is 2.15. The van der Waals surface area contributed by atoms with Crippen LogP contribution in [0.15, 0.2) is 24.3 Å². The fourth-order valence-corrected chi connectivity index (χ4v) is 1.01. The van der Waals surface area contributed by atoms with Gasteiger partial charge in [0.15, 0.2) is 0 Å². The van der Waals surface area contributed by atoms with Crippen LogP contribution in [0.25, 0.3) is 6.08 Å². The largest absolute Gasteiger partial charge is 0.507 e. The van der Waals surface area contributed by atoms with Crippen LogP contribution in [-0.4, -0.2) is 18.5 Å². The summed E-state index contributed by atoms with van der Waals surface area (Å²) in [5.74, 6) is 0.635. The molecule has 0 aromatic heterocycles. The summed E-state index contributed by atoms with van der Waals surface area (Å²) in [7, 11) is 1.51. The lowest BCUT2D eigenvalue weighted by Gasteiger charge is -2.05. The minimum absolute atomic E-state index is 0.0949. The number of benzene rings is 1. The van der Waals surface area contributed by atoms with Crippen LogP contribution in [0.4, 0.5) is 0 Å². The fraction of sp³-hybridized carbons (Fsp3) is 0.100. The molecule has 0 aliphatic rings. The highest BCUT2D eigenvalue weighted by Crippen LogP contribution is 2.28. The topological polar surface area (TPSA) is 46.5 Å². The van der Waals surface area contributed by atoms with Crippen molar-refractivity contribution >= 4 is 12.4 Å². The molecule has 0 bridgehead atoms. The van der Waals surface area contributed by atoms with E-state index in [1.165, 1.54) is 25.3 Å².